The lowest BCUT2D eigenvalue weighted by atomic mass is 9.75. The molecule has 1 unspecified atom stereocenters. The van der Waals surface area contributed by atoms with Gasteiger partial charge in [-0.3, -0.25) is 0 Å². The number of nitrogens with zero attached hydrogens (tertiary/aromatic N) is 1. The van der Waals surface area contributed by atoms with Crippen molar-refractivity contribution in [2.45, 2.75) is 25.1 Å². The number of nitrogens with one attached hydrogen (secondary N) is 1. The zero-order valence-electron chi connectivity index (χ0n) is 11.0. The maximum atomic E-state index is 12.7. The van der Waals surface area contributed by atoms with Crippen molar-refractivity contribution in [3.05, 3.63) is 29.8 Å². The lowest BCUT2D eigenvalue weighted by Crippen LogP contribution is -2.37. The number of halogens is 2. The molecule has 108 valence electrons. The molecule has 1 aliphatic heterocycles. The molecule has 1 aromatic carbocycles. The van der Waals surface area contributed by atoms with Crippen molar-refractivity contribution in [3.8, 4) is 11.8 Å². The maximum Gasteiger partial charge on any atom is 0.408 e. The fourth-order valence-electron chi connectivity index (χ4n) is 2.46. The molecule has 1 N–H and O–H groups in total. The predicted molar refractivity (Wildman–Crippen MR) is 75.6 cm³/mol. The summed E-state index contributed by atoms with van der Waals surface area (Å²) in [5.41, 5.74) is 0.617. The summed E-state index contributed by atoms with van der Waals surface area (Å²) < 4.78 is 29.8. The Morgan fingerprint density at radius 3 is 2.40 bits per heavy atom. The molecule has 20 heavy (non-hydrogen) atoms. The molecular formula is C14H17F2N2OP. The van der Waals surface area contributed by atoms with Gasteiger partial charge in [0.15, 0.2) is 0 Å². The lowest BCUT2D eigenvalue weighted by molar-refractivity contribution is -0.0892. The fraction of sp³-hybridized carbons (Fsp3) is 0.500. The van der Waals surface area contributed by atoms with Gasteiger partial charge in [-0.15, -0.1) is 0 Å². The molecule has 3 nitrogen and oxygen atoms in total. The molecule has 1 heterocycles. The summed E-state index contributed by atoms with van der Waals surface area (Å²) in [7, 11) is 1.34. The molecule has 0 saturated carbocycles. The molecule has 0 bridgehead atoms. The summed E-state index contributed by atoms with van der Waals surface area (Å²) in [6, 6.07) is 8.94. The van der Waals surface area contributed by atoms with Crippen LogP contribution in [0.25, 0.3) is 0 Å². The van der Waals surface area contributed by atoms with Gasteiger partial charge in [-0.1, -0.05) is 12.1 Å². The van der Waals surface area contributed by atoms with Gasteiger partial charge in [0.1, 0.15) is 5.75 Å². The van der Waals surface area contributed by atoms with E-state index in [2.05, 4.69) is 16.1 Å². The molecule has 0 spiro atoms. The molecule has 0 amide bonds. The van der Waals surface area contributed by atoms with Gasteiger partial charge < -0.3 is 10.1 Å². The van der Waals surface area contributed by atoms with Crippen LogP contribution in [0.2, 0.25) is 0 Å². The van der Waals surface area contributed by atoms with Crippen molar-refractivity contribution in [2.75, 3.05) is 13.1 Å². The summed E-state index contributed by atoms with van der Waals surface area (Å²) >= 11 is 0. The average Bonchev–Trinajstić information content (AvgIpc) is 2.40. The minimum Gasteiger partial charge on any atom is -0.430 e. The Hall–Kier alpha value is -1.24. The highest BCUT2D eigenvalue weighted by atomic mass is 31.0. The van der Waals surface area contributed by atoms with Crippen LogP contribution in [0, 0.1) is 16.7 Å². The van der Waals surface area contributed by atoms with Crippen LogP contribution in [0.15, 0.2) is 24.3 Å². The second-order valence-electron chi connectivity index (χ2n) is 5.13. The van der Waals surface area contributed by atoms with Crippen molar-refractivity contribution in [1.82, 2.24) is 5.32 Å². The third-order valence-electron chi connectivity index (χ3n) is 3.52. The number of nitriles is 1. The Kier molecular flexibility index (Phi) is 4.57. The molecular weight excluding hydrogens is 281 g/mol. The summed E-state index contributed by atoms with van der Waals surface area (Å²) in [5.74, 6) is -3.14. The van der Waals surface area contributed by atoms with Gasteiger partial charge in [0.25, 0.3) is 0 Å². The molecule has 6 heteroatoms. The minimum absolute atomic E-state index is 0.116. The van der Waals surface area contributed by atoms with Crippen LogP contribution in [0.4, 0.5) is 8.78 Å². The Labute approximate surface area is 119 Å². The van der Waals surface area contributed by atoms with Crippen molar-refractivity contribution >= 4 is 9.24 Å². The van der Waals surface area contributed by atoms with Gasteiger partial charge in [0, 0.05) is 0 Å². The highest BCUT2D eigenvalue weighted by Gasteiger charge is 2.32. The molecule has 2 rings (SSSR count). The first-order valence-corrected chi connectivity index (χ1v) is 7.07. The number of alkyl halides is 2. The SMILES string of the molecule is N#CC1(Cc2ccc(OC(F)(F)P)cc2)CCNCC1. The number of hydrogen-bond donors (Lipinski definition) is 1. The molecule has 1 fully saturated rings. The number of piperidine rings is 1. The van der Waals surface area contributed by atoms with Crippen LogP contribution in [-0.4, -0.2) is 18.9 Å². The van der Waals surface area contributed by atoms with E-state index in [9.17, 15) is 14.0 Å². The van der Waals surface area contributed by atoms with Crippen LogP contribution in [0.5, 0.6) is 5.75 Å². The number of hydrogen-bond acceptors (Lipinski definition) is 3. The summed E-state index contributed by atoms with van der Waals surface area (Å²) in [6.07, 6.45) is 2.26. The van der Waals surface area contributed by atoms with E-state index in [1.165, 1.54) is 21.4 Å². The smallest absolute Gasteiger partial charge is 0.408 e. The van der Waals surface area contributed by atoms with Crippen LogP contribution >= 0.6 is 9.24 Å². The van der Waals surface area contributed by atoms with E-state index < -0.39 is 5.85 Å². The minimum atomic E-state index is -3.26. The first kappa shape index (κ1) is 15.2. The lowest BCUT2D eigenvalue weighted by Gasteiger charge is -2.31. The van der Waals surface area contributed by atoms with Crippen LogP contribution in [0.1, 0.15) is 18.4 Å². The van der Waals surface area contributed by atoms with Crippen LogP contribution < -0.4 is 10.1 Å². The van der Waals surface area contributed by atoms with E-state index >= 15 is 0 Å². The van der Waals surface area contributed by atoms with Gasteiger partial charge in [-0.2, -0.15) is 14.0 Å². The molecule has 1 aromatic rings. The normalized spacial score (nSPS) is 18.3. The second kappa shape index (κ2) is 6.03. The Balaban J connectivity index is 2.05. The first-order valence-electron chi connectivity index (χ1n) is 6.49. The topological polar surface area (TPSA) is 45.0 Å². The Morgan fingerprint density at radius 2 is 1.90 bits per heavy atom. The molecule has 1 atom stereocenters. The highest BCUT2D eigenvalue weighted by Crippen LogP contribution is 2.33. The number of rotatable bonds is 4. The van der Waals surface area contributed by atoms with Gasteiger partial charge in [0.05, 0.1) is 11.5 Å². The largest absolute Gasteiger partial charge is 0.430 e. The van der Waals surface area contributed by atoms with Crippen molar-refractivity contribution < 1.29 is 13.5 Å². The fourth-order valence-corrected chi connectivity index (χ4v) is 2.59. The van der Waals surface area contributed by atoms with Gasteiger partial charge in [-0.05, 0) is 59.3 Å². The zero-order chi connectivity index (χ0) is 14.6. The molecule has 0 radical (unpaired) electrons. The highest BCUT2D eigenvalue weighted by molar-refractivity contribution is 7.17. The van der Waals surface area contributed by atoms with Gasteiger partial charge >= 0.3 is 5.85 Å². The molecule has 1 saturated heterocycles. The van der Waals surface area contributed by atoms with Crippen LogP contribution in [0.3, 0.4) is 0 Å². The third kappa shape index (κ3) is 4.13. The summed E-state index contributed by atoms with van der Waals surface area (Å²) in [4.78, 5) is 0. The van der Waals surface area contributed by atoms with Crippen molar-refractivity contribution in [2.24, 2.45) is 5.41 Å². The van der Waals surface area contributed by atoms with E-state index in [-0.39, 0.29) is 11.2 Å². The van der Waals surface area contributed by atoms with E-state index in [0.29, 0.717) is 6.42 Å². The Morgan fingerprint density at radius 1 is 1.30 bits per heavy atom. The summed E-state index contributed by atoms with van der Waals surface area (Å²) in [6.45, 7) is 1.68. The standard InChI is InChI=1S/C14H17F2N2OP/c15-14(16,20)19-12-3-1-11(2-4-12)9-13(10-17)5-7-18-8-6-13/h1-4,18H,5-9,20H2. The average molecular weight is 298 g/mol. The molecule has 0 aromatic heterocycles. The van der Waals surface area contributed by atoms with E-state index in [0.717, 1.165) is 31.5 Å². The molecule has 1 aliphatic rings. The van der Waals surface area contributed by atoms with E-state index in [1.807, 2.05) is 0 Å². The van der Waals surface area contributed by atoms with Gasteiger partial charge in [0.2, 0.25) is 0 Å². The Bertz CT molecular complexity index is 487. The second-order valence-corrected chi connectivity index (χ2v) is 5.80. The van der Waals surface area contributed by atoms with Gasteiger partial charge in [-0.25, -0.2) is 0 Å². The zero-order valence-corrected chi connectivity index (χ0v) is 12.2. The number of benzene rings is 1. The summed E-state index contributed by atoms with van der Waals surface area (Å²) in [5, 5.41) is 12.6. The van der Waals surface area contributed by atoms with Crippen molar-refractivity contribution in [1.29, 1.82) is 5.26 Å². The van der Waals surface area contributed by atoms with Crippen molar-refractivity contribution in [3.63, 3.8) is 0 Å². The predicted octanol–water partition coefficient (Wildman–Crippen LogP) is 2.93. The van der Waals surface area contributed by atoms with E-state index in [1.54, 1.807) is 12.1 Å². The number of ether oxygens (including phenoxy) is 1. The molecule has 0 aliphatic carbocycles. The van der Waals surface area contributed by atoms with E-state index in [4.69, 9.17) is 0 Å². The maximum absolute atomic E-state index is 12.7. The monoisotopic (exact) mass is 298 g/mol. The third-order valence-corrected chi connectivity index (χ3v) is 3.64. The quantitative estimate of drug-likeness (QED) is 0.869. The first-order chi connectivity index (χ1) is 9.42. The van der Waals surface area contributed by atoms with Crippen LogP contribution in [-0.2, 0) is 6.42 Å².